The van der Waals surface area contributed by atoms with Crippen molar-refractivity contribution in [3.05, 3.63) is 89.0 Å². The zero-order valence-electron chi connectivity index (χ0n) is 16.9. The molecule has 1 heterocycles. The number of halogens is 2. The van der Waals surface area contributed by atoms with Crippen LogP contribution in [-0.4, -0.2) is 22.8 Å². The van der Waals surface area contributed by atoms with Gasteiger partial charge in [0.1, 0.15) is 5.82 Å². The number of guanidine groups is 1. The fraction of sp³-hybridized carbons (Fsp3) is 0.273. The van der Waals surface area contributed by atoms with Crippen molar-refractivity contribution in [3.63, 3.8) is 0 Å². The molecule has 0 aliphatic heterocycles. The van der Waals surface area contributed by atoms with Gasteiger partial charge >= 0.3 is 0 Å². The largest absolute Gasteiger partial charge is 0.352 e. The average Bonchev–Trinajstić information content (AvgIpc) is 3.15. The molecule has 154 valence electrons. The summed E-state index contributed by atoms with van der Waals surface area (Å²) in [6, 6.07) is 15.4. The molecule has 1 atom stereocenters. The number of aliphatic imine (C=N–C) groups is 1. The smallest absolute Gasteiger partial charge is 0.191 e. The van der Waals surface area contributed by atoms with Crippen LogP contribution in [-0.2, 0) is 13.1 Å². The van der Waals surface area contributed by atoms with E-state index in [0.717, 1.165) is 17.7 Å². The molecule has 0 radical (unpaired) electrons. The van der Waals surface area contributed by atoms with E-state index < -0.39 is 0 Å². The molecule has 3 aromatic rings. The van der Waals surface area contributed by atoms with E-state index in [1.54, 1.807) is 26.1 Å². The molecule has 1 aromatic heterocycles. The van der Waals surface area contributed by atoms with E-state index in [1.807, 2.05) is 48.3 Å². The molecule has 0 spiro atoms. The van der Waals surface area contributed by atoms with Crippen LogP contribution in [0.25, 0.3) is 0 Å². The molecule has 5 nitrogen and oxygen atoms in total. The molecular formula is C22H27FIN5. The maximum absolute atomic E-state index is 13.8. The van der Waals surface area contributed by atoms with Gasteiger partial charge in [-0.3, -0.25) is 9.67 Å². The lowest BCUT2D eigenvalue weighted by Crippen LogP contribution is -2.38. The number of nitrogens with one attached hydrogen (secondary N) is 2. The molecule has 0 aliphatic carbocycles. The van der Waals surface area contributed by atoms with Crippen molar-refractivity contribution in [2.45, 2.75) is 33.0 Å². The number of hydrogen-bond acceptors (Lipinski definition) is 2. The summed E-state index contributed by atoms with van der Waals surface area (Å²) in [7, 11) is 1.72. The number of nitrogens with zero attached hydrogens (tertiary/aromatic N) is 3. The molecule has 0 saturated heterocycles. The van der Waals surface area contributed by atoms with Gasteiger partial charge in [0.25, 0.3) is 0 Å². The second-order valence-corrected chi connectivity index (χ2v) is 6.83. The Hall–Kier alpha value is -2.42. The van der Waals surface area contributed by atoms with Crippen LogP contribution >= 0.6 is 24.0 Å². The Balaban J connectivity index is 0.00000300. The molecule has 0 saturated carbocycles. The van der Waals surface area contributed by atoms with Crippen molar-refractivity contribution in [1.29, 1.82) is 0 Å². The minimum Gasteiger partial charge on any atom is -0.352 e. The van der Waals surface area contributed by atoms with Gasteiger partial charge in [-0.15, -0.1) is 24.0 Å². The van der Waals surface area contributed by atoms with Gasteiger partial charge in [-0.05, 0) is 36.6 Å². The van der Waals surface area contributed by atoms with E-state index in [9.17, 15) is 4.39 Å². The first kappa shape index (κ1) is 22.9. The van der Waals surface area contributed by atoms with Crippen LogP contribution in [0.5, 0.6) is 0 Å². The van der Waals surface area contributed by atoms with Crippen molar-refractivity contribution in [3.8, 4) is 0 Å². The molecule has 0 aliphatic rings. The summed E-state index contributed by atoms with van der Waals surface area (Å²) in [4.78, 5) is 4.26. The number of aryl methyl sites for hydroxylation is 1. The lowest BCUT2D eigenvalue weighted by atomic mass is 10.1. The van der Waals surface area contributed by atoms with Gasteiger partial charge in [0, 0.05) is 25.4 Å². The minimum absolute atomic E-state index is 0. The zero-order chi connectivity index (χ0) is 19.9. The van der Waals surface area contributed by atoms with Crippen LogP contribution in [0.4, 0.5) is 4.39 Å². The first-order valence-corrected chi connectivity index (χ1v) is 9.33. The quantitative estimate of drug-likeness (QED) is 0.295. The van der Waals surface area contributed by atoms with Gasteiger partial charge < -0.3 is 10.6 Å². The van der Waals surface area contributed by atoms with Crippen molar-refractivity contribution in [2.24, 2.45) is 4.99 Å². The van der Waals surface area contributed by atoms with Crippen molar-refractivity contribution in [1.82, 2.24) is 20.4 Å². The van der Waals surface area contributed by atoms with E-state index in [4.69, 9.17) is 0 Å². The molecule has 0 bridgehead atoms. The van der Waals surface area contributed by atoms with Gasteiger partial charge in [0.05, 0.1) is 18.8 Å². The van der Waals surface area contributed by atoms with E-state index in [-0.39, 0.29) is 35.8 Å². The minimum atomic E-state index is -0.195. The highest BCUT2D eigenvalue weighted by molar-refractivity contribution is 14.0. The van der Waals surface area contributed by atoms with Gasteiger partial charge in [-0.1, -0.05) is 42.5 Å². The third-order valence-corrected chi connectivity index (χ3v) is 4.61. The van der Waals surface area contributed by atoms with E-state index in [0.29, 0.717) is 18.1 Å². The fourth-order valence-corrected chi connectivity index (χ4v) is 2.90. The summed E-state index contributed by atoms with van der Waals surface area (Å²) in [6.45, 7) is 5.08. The van der Waals surface area contributed by atoms with Crippen LogP contribution in [0, 0.1) is 12.7 Å². The molecule has 2 N–H and O–H groups in total. The van der Waals surface area contributed by atoms with Crippen molar-refractivity contribution < 1.29 is 4.39 Å². The van der Waals surface area contributed by atoms with Gasteiger partial charge in [0.15, 0.2) is 5.96 Å². The molecule has 1 unspecified atom stereocenters. The average molecular weight is 507 g/mol. The summed E-state index contributed by atoms with van der Waals surface area (Å²) >= 11 is 0. The standard InChI is InChI=1S/C22H26FN5.HI/c1-16-9-10-20(11-21(16)23)17(2)27-22(24-3)25-12-19-13-26-28(15-19)14-18-7-5-4-6-8-18;/h4-11,13,15,17H,12,14H2,1-3H3,(H2,24,25,27);1H. The predicted molar refractivity (Wildman–Crippen MR) is 126 cm³/mol. The predicted octanol–water partition coefficient (Wildman–Crippen LogP) is 4.42. The third-order valence-electron chi connectivity index (χ3n) is 4.61. The number of aromatic nitrogens is 2. The van der Waals surface area contributed by atoms with Gasteiger partial charge in [0.2, 0.25) is 0 Å². The molecule has 0 fully saturated rings. The number of hydrogen-bond donors (Lipinski definition) is 2. The van der Waals surface area contributed by atoms with Crippen molar-refractivity contribution >= 4 is 29.9 Å². The normalized spacial score (nSPS) is 12.2. The third kappa shape index (κ3) is 6.56. The monoisotopic (exact) mass is 507 g/mol. The van der Waals surface area contributed by atoms with Crippen LogP contribution in [0.1, 0.15) is 35.2 Å². The lowest BCUT2D eigenvalue weighted by Gasteiger charge is -2.18. The zero-order valence-corrected chi connectivity index (χ0v) is 19.2. The highest BCUT2D eigenvalue weighted by Crippen LogP contribution is 2.16. The second kappa shape index (κ2) is 10.9. The second-order valence-electron chi connectivity index (χ2n) is 6.83. The molecular weight excluding hydrogens is 480 g/mol. The summed E-state index contributed by atoms with van der Waals surface area (Å²) in [5.74, 6) is 0.462. The van der Waals surface area contributed by atoms with Crippen LogP contribution in [0.2, 0.25) is 0 Å². The highest BCUT2D eigenvalue weighted by atomic mass is 127. The summed E-state index contributed by atoms with van der Waals surface area (Å²) in [6.07, 6.45) is 3.87. The van der Waals surface area contributed by atoms with Gasteiger partial charge in [-0.25, -0.2) is 4.39 Å². The molecule has 0 amide bonds. The Morgan fingerprint density at radius 2 is 1.93 bits per heavy atom. The Labute approximate surface area is 188 Å². The summed E-state index contributed by atoms with van der Waals surface area (Å²) < 4.78 is 15.7. The topological polar surface area (TPSA) is 54.2 Å². The number of benzene rings is 2. The first-order valence-electron chi connectivity index (χ1n) is 9.33. The van der Waals surface area contributed by atoms with E-state index >= 15 is 0 Å². The first-order chi connectivity index (χ1) is 13.5. The summed E-state index contributed by atoms with van der Waals surface area (Å²) in [5.41, 5.74) is 3.79. The lowest BCUT2D eigenvalue weighted by molar-refractivity contribution is 0.607. The Morgan fingerprint density at radius 1 is 1.17 bits per heavy atom. The van der Waals surface area contributed by atoms with Crippen LogP contribution in [0.3, 0.4) is 0 Å². The maximum atomic E-state index is 13.8. The van der Waals surface area contributed by atoms with Crippen LogP contribution in [0.15, 0.2) is 65.9 Å². The number of rotatable bonds is 6. The summed E-state index contributed by atoms with van der Waals surface area (Å²) in [5, 5.41) is 11.0. The Bertz CT molecular complexity index is 939. The molecule has 2 aromatic carbocycles. The molecule has 29 heavy (non-hydrogen) atoms. The SMILES string of the molecule is CN=C(NCc1cnn(Cc2ccccc2)c1)NC(C)c1ccc(C)c(F)c1.I. The van der Waals surface area contributed by atoms with Crippen LogP contribution < -0.4 is 10.6 Å². The molecule has 7 heteroatoms. The Morgan fingerprint density at radius 3 is 2.62 bits per heavy atom. The van der Waals surface area contributed by atoms with E-state index in [2.05, 4.69) is 32.9 Å². The molecule has 3 rings (SSSR count). The maximum Gasteiger partial charge on any atom is 0.191 e. The Kier molecular flexibility index (Phi) is 8.63. The fourth-order valence-electron chi connectivity index (χ4n) is 2.90. The highest BCUT2D eigenvalue weighted by Gasteiger charge is 2.10. The van der Waals surface area contributed by atoms with Gasteiger partial charge in [-0.2, -0.15) is 5.10 Å². The van der Waals surface area contributed by atoms with Crippen molar-refractivity contribution in [2.75, 3.05) is 7.05 Å². The van der Waals surface area contributed by atoms with E-state index in [1.165, 1.54) is 5.56 Å².